The Morgan fingerprint density at radius 2 is 2.11 bits per heavy atom. The second-order valence-electron chi connectivity index (χ2n) is 3.98. The van der Waals surface area contributed by atoms with E-state index < -0.39 is 5.97 Å². The van der Waals surface area contributed by atoms with Crippen LogP contribution in [0.15, 0.2) is 18.2 Å². The number of hydrogen-bond donors (Lipinski definition) is 2. The molecule has 4 nitrogen and oxygen atoms in total. The highest BCUT2D eigenvalue weighted by Gasteiger charge is 2.08. The lowest BCUT2D eigenvalue weighted by Crippen LogP contribution is -2.13. The number of nitrogens with one attached hydrogen (secondary N) is 1. The maximum absolute atomic E-state index is 11.7. The molecule has 0 aliphatic rings. The first-order valence-electron chi connectivity index (χ1n) is 5.67. The second-order valence-corrected chi connectivity index (χ2v) is 4.96. The molecule has 1 rings (SSSR count). The van der Waals surface area contributed by atoms with Crippen molar-refractivity contribution in [2.45, 2.75) is 19.8 Å². The summed E-state index contributed by atoms with van der Waals surface area (Å²) in [5, 5.41) is 11.6. The third kappa shape index (κ3) is 4.41. The molecule has 0 radical (unpaired) electrons. The number of rotatable bonds is 6. The summed E-state index contributed by atoms with van der Waals surface area (Å²) in [6, 6.07) is 4.71. The van der Waals surface area contributed by atoms with Crippen molar-refractivity contribution in [3.63, 3.8) is 0 Å². The van der Waals surface area contributed by atoms with Crippen molar-refractivity contribution in [3.8, 4) is 0 Å². The number of carbonyl (C=O) groups excluding carboxylic acids is 1. The summed E-state index contributed by atoms with van der Waals surface area (Å²) < 4.78 is 0. The molecule has 0 atom stereocenters. The molecule has 0 bridgehead atoms. The van der Waals surface area contributed by atoms with Crippen molar-refractivity contribution in [2.75, 3.05) is 17.3 Å². The number of aryl methyl sites for hydroxylation is 1. The summed E-state index contributed by atoms with van der Waals surface area (Å²) >= 11 is 1.70. The van der Waals surface area contributed by atoms with Crippen LogP contribution in [-0.4, -0.2) is 29.0 Å². The number of carbonyl (C=O) groups is 2. The molecule has 0 saturated heterocycles. The van der Waals surface area contributed by atoms with Crippen LogP contribution in [0.4, 0.5) is 5.69 Å². The van der Waals surface area contributed by atoms with Gasteiger partial charge in [-0.2, -0.15) is 11.8 Å². The van der Waals surface area contributed by atoms with Gasteiger partial charge in [0.2, 0.25) is 5.91 Å². The topological polar surface area (TPSA) is 66.4 Å². The minimum Gasteiger partial charge on any atom is -0.478 e. The van der Waals surface area contributed by atoms with Crippen molar-refractivity contribution in [2.24, 2.45) is 0 Å². The molecule has 0 spiro atoms. The summed E-state index contributed by atoms with van der Waals surface area (Å²) in [6.07, 6.45) is 3.28. The normalized spacial score (nSPS) is 10.1. The number of anilines is 1. The van der Waals surface area contributed by atoms with Gasteiger partial charge < -0.3 is 10.4 Å². The van der Waals surface area contributed by atoms with Gasteiger partial charge in [0.25, 0.3) is 0 Å². The molecule has 0 fully saturated rings. The molecule has 0 heterocycles. The molecule has 0 saturated carbocycles. The average Bonchev–Trinajstić information content (AvgIpc) is 2.32. The van der Waals surface area contributed by atoms with Crippen molar-refractivity contribution in [3.05, 3.63) is 29.3 Å². The van der Waals surface area contributed by atoms with Crippen LogP contribution in [0.5, 0.6) is 0 Å². The molecular weight excluding hydrogens is 250 g/mol. The zero-order chi connectivity index (χ0) is 13.5. The number of thioether (sulfide) groups is 1. The number of benzene rings is 1. The number of hydrogen-bond acceptors (Lipinski definition) is 3. The van der Waals surface area contributed by atoms with Crippen LogP contribution in [0.2, 0.25) is 0 Å². The molecule has 0 aromatic heterocycles. The van der Waals surface area contributed by atoms with E-state index in [1.807, 2.05) is 13.2 Å². The fraction of sp³-hybridized carbons (Fsp3) is 0.385. The predicted octanol–water partition coefficient (Wildman–Crippen LogP) is 2.77. The Morgan fingerprint density at radius 1 is 1.39 bits per heavy atom. The number of carboxylic acid groups (broad SMARTS) is 1. The lowest BCUT2D eigenvalue weighted by Gasteiger charge is -2.09. The van der Waals surface area contributed by atoms with Gasteiger partial charge in [-0.15, -0.1) is 0 Å². The Morgan fingerprint density at radius 3 is 2.72 bits per heavy atom. The van der Waals surface area contributed by atoms with E-state index in [0.717, 1.165) is 17.7 Å². The zero-order valence-corrected chi connectivity index (χ0v) is 11.3. The van der Waals surface area contributed by atoms with E-state index in [4.69, 9.17) is 5.11 Å². The second kappa shape index (κ2) is 7.06. The lowest BCUT2D eigenvalue weighted by atomic mass is 10.1. The quantitative estimate of drug-likeness (QED) is 0.778. The van der Waals surface area contributed by atoms with Crippen LogP contribution in [0.3, 0.4) is 0 Å². The van der Waals surface area contributed by atoms with Gasteiger partial charge in [-0.1, -0.05) is 6.07 Å². The largest absolute Gasteiger partial charge is 0.478 e. The van der Waals surface area contributed by atoms with Crippen LogP contribution in [0, 0.1) is 6.92 Å². The van der Waals surface area contributed by atoms with Gasteiger partial charge in [0.05, 0.1) is 5.56 Å². The molecule has 1 aromatic rings. The molecule has 2 N–H and O–H groups in total. The van der Waals surface area contributed by atoms with E-state index in [1.165, 1.54) is 12.1 Å². The average molecular weight is 267 g/mol. The number of aromatic carboxylic acids is 1. The summed E-state index contributed by atoms with van der Waals surface area (Å²) in [6.45, 7) is 1.84. The maximum atomic E-state index is 11.7. The van der Waals surface area contributed by atoms with E-state index in [1.54, 1.807) is 17.8 Å². The van der Waals surface area contributed by atoms with Crippen molar-refractivity contribution in [1.29, 1.82) is 0 Å². The molecule has 98 valence electrons. The molecule has 0 unspecified atom stereocenters. The first-order valence-corrected chi connectivity index (χ1v) is 7.06. The monoisotopic (exact) mass is 267 g/mol. The van der Waals surface area contributed by atoms with Gasteiger partial charge in [0.1, 0.15) is 0 Å². The van der Waals surface area contributed by atoms with Gasteiger partial charge >= 0.3 is 5.97 Å². The molecule has 18 heavy (non-hydrogen) atoms. The van der Waals surface area contributed by atoms with Gasteiger partial charge in [-0.05, 0) is 43.0 Å². The lowest BCUT2D eigenvalue weighted by molar-refractivity contribution is -0.116. The summed E-state index contributed by atoms with van der Waals surface area (Å²) in [7, 11) is 0. The van der Waals surface area contributed by atoms with E-state index >= 15 is 0 Å². The first-order chi connectivity index (χ1) is 8.54. The summed E-state index contributed by atoms with van der Waals surface area (Å²) in [4.78, 5) is 22.5. The third-order valence-electron chi connectivity index (χ3n) is 2.51. The summed E-state index contributed by atoms with van der Waals surface area (Å²) in [5.74, 6) is -0.121. The van der Waals surface area contributed by atoms with E-state index in [-0.39, 0.29) is 11.5 Å². The van der Waals surface area contributed by atoms with Crippen LogP contribution < -0.4 is 5.32 Å². The van der Waals surface area contributed by atoms with Crippen LogP contribution in [-0.2, 0) is 4.79 Å². The van der Waals surface area contributed by atoms with Crippen molar-refractivity contribution >= 4 is 29.3 Å². The van der Waals surface area contributed by atoms with Crippen LogP contribution >= 0.6 is 11.8 Å². The number of carboxylic acids is 1. The number of amides is 1. The van der Waals surface area contributed by atoms with E-state index in [2.05, 4.69) is 5.32 Å². The van der Waals surface area contributed by atoms with E-state index in [0.29, 0.717) is 12.1 Å². The van der Waals surface area contributed by atoms with Gasteiger partial charge in [0.15, 0.2) is 0 Å². The van der Waals surface area contributed by atoms with Gasteiger partial charge in [0, 0.05) is 12.1 Å². The van der Waals surface area contributed by atoms with Crippen LogP contribution in [0.25, 0.3) is 0 Å². The standard InChI is InChI=1S/C13H17NO3S/c1-9-5-6-10(13(16)17)8-11(9)14-12(15)4-3-7-18-2/h5-6,8H,3-4,7H2,1-2H3,(H,14,15)(H,16,17). The van der Waals surface area contributed by atoms with Crippen LogP contribution in [0.1, 0.15) is 28.8 Å². The Balaban J connectivity index is 2.68. The Kier molecular flexibility index (Phi) is 5.71. The minimum absolute atomic E-state index is 0.0744. The maximum Gasteiger partial charge on any atom is 0.335 e. The highest BCUT2D eigenvalue weighted by atomic mass is 32.2. The fourth-order valence-corrected chi connectivity index (χ4v) is 1.91. The molecule has 0 aliphatic heterocycles. The SMILES string of the molecule is CSCCCC(=O)Nc1cc(C(=O)O)ccc1C. The summed E-state index contributed by atoms with van der Waals surface area (Å²) in [5.41, 5.74) is 1.61. The molecule has 5 heteroatoms. The van der Waals surface area contributed by atoms with E-state index in [9.17, 15) is 9.59 Å². The van der Waals surface area contributed by atoms with Crippen molar-refractivity contribution in [1.82, 2.24) is 0 Å². The predicted molar refractivity (Wildman–Crippen MR) is 74.4 cm³/mol. The Bertz CT molecular complexity index is 446. The molecule has 1 amide bonds. The first kappa shape index (κ1) is 14.6. The zero-order valence-electron chi connectivity index (χ0n) is 10.5. The molecule has 1 aromatic carbocycles. The third-order valence-corrected chi connectivity index (χ3v) is 3.21. The van der Waals surface area contributed by atoms with Gasteiger partial charge in [-0.25, -0.2) is 4.79 Å². The highest BCUT2D eigenvalue weighted by Crippen LogP contribution is 2.17. The highest BCUT2D eigenvalue weighted by molar-refractivity contribution is 7.98. The van der Waals surface area contributed by atoms with Gasteiger partial charge in [-0.3, -0.25) is 4.79 Å². The Labute approximate surface area is 111 Å². The molecule has 0 aliphatic carbocycles. The molecular formula is C13H17NO3S. The van der Waals surface area contributed by atoms with Crippen molar-refractivity contribution < 1.29 is 14.7 Å². The Hall–Kier alpha value is -1.49. The smallest absolute Gasteiger partial charge is 0.335 e. The fourth-order valence-electron chi connectivity index (χ4n) is 1.48. The minimum atomic E-state index is -0.993.